The second-order valence-electron chi connectivity index (χ2n) is 2.27. The van der Waals surface area contributed by atoms with Crippen LogP contribution in [0.25, 0.3) is 0 Å². The van der Waals surface area contributed by atoms with Crippen LogP contribution in [0.4, 0.5) is 0 Å². The van der Waals surface area contributed by atoms with E-state index in [2.05, 4.69) is 16.9 Å². The highest BCUT2D eigenvalue weighted by Gasteiger charge is 2.00. The van der Waals surface area contributed by atoms with Crippen LogP contribution in [0.5, 0.6) is 0 Å². The molecule has 0 unspecified atom stereocenters. The van der Waals surface area contributed by atoms with Crippen LogP contribution in [0, 0.1) is 0 Å². The van der Waals surface area contributed by atoms with Crippen molar-refractivity contribution in [2.75, 3.05) is 0 Å². The molecule has 1 N–H and O–H groups in total. The van der Waals surface area contributed by atoms with Crippen LogP contribution < -0.4 is 5.32 Å². The molecule has 3 nitrogen and oxygen atoms in total. The fourth-order valence-electron chi connectivity index (χ4n) is 0.832. The number of nitrogens with one attached hydrogen (secondary N) is 1. The number of carbonyl (C=O) groups is 1. The maximum absolute atomic E-state index is 11.0. The van der Waals surface area contributed by atoms with E-state index in [0.29, 0.717) is 6.42 Å². The zero-order valence-electron chi connectivity index (χ0n) is 6.66. The minimum Gasteiger partial charge on any atom is -0.333 e. The van der Waals surface area contributed by atoms with E-state index in [1.54, 1.807) is 6.20 Å². The highest BCUT2D eigenvalue weighted by molar-refractivity contribution is 5.78. The molecule has 0 aliphatic rings. The van der Waals surface area contributed by atoms with Crippen molar-refractivity contribution in [2.24, 2.45) is 0 Å². The Kier molecular flexibility index (Phi) is 3.02. The van der Waals surface area contributed by atoms with Crippen molar-refractivity contribution in [2.45, 2.75) is 6.42 Å². The molecule has 0 aromatic carbocycles. The molecular weight excluding hydrogens is 152 g/mol. The van der Waals surface area contributed by atoms with Gasteiger partial charge in [0.1, 0.15) is 0 Å². The van der Waals surface area contributed by atoms with Gasteiger partial charge in [-0.05, 0) is 18.3 Å². The van der Waals surface area contributed by atoms with Gasteiger partial charge in [-0.2, -0.15) is 0 Å². The van der Waals surface area contributed by atoms with E-state index in [-0.39, 0.29) is 5.91 Å². The van der Waals surface area contributed by atoms with Crippen molar-refractivity contribution in [3.63, 3.8) is 0 Å². The molecule has 1 aromatic rings. The third kappa shape index (κ3) is 2.54. The number of pyridine rings is 1. The van der Waals surface area contributed by atoms with Gasteiger partial charge in [0.2, 0.25) is 5.91 Å². The molecule has 12 heavy (non-hydrogen) atoms. The quantitative estimate of drug-likeness (QED) is 0.717. The predicted molar refractivity (Wildman–Crippen MR) is 46.3 cm³/mol. The summed E-state index contributed by atoms with van der Waals surface area (Å²) in [7, 11) is 0. The largest absolute Gasteiger partial charge is 0.333 e. The first kappa shape index (κ1) is 8.46. The highest BCUT2D eigenvalue weighted by Crippen LogP contribution is 1.93. The Balaban J connectivity index is 2.52. The molecule has 3 heteroatoms. The normalized spacial score (nSPS) is 9.00. The Labute approximate surface area is 71.1 Å². The topological polar surface area (TPSA) is 42.0 Å². The Morgan fingerprint density at radius 3 is 3.08 bits per heavy atom. The number of aromatic nitrogens is 1. The molecule has 0 saturated carbocycles. The van der Waals surface area contributed by atoms with Crippen molar-refractivity contribution in [1.82, 2.24) is 10.3 Å². The number of amides is 1. The monoisotopic (exact) mass is 162 g/mol. The third-order valence-electron chi connectivity index (χ3n) is 1.33. The lowest BCUT2D eigenvalue weighted by molar-refractivity contribution is -0.119. The summed E-state index contributed by atoms with van der Waals surface area (Å²) < 4.78 is 0. The SMILES string of the molecule is C=CNC(=O)Cc1ccccn1. The van der Waals surface area contributed by atoms with Gasteiger partial charge < -0.3 is 5.32 Å². The Hall–Kier alpha value is -1.64. The van der Waals surface area contributed by atoms with Crippen molar-refractivity contribution in [3.8, 4) is 0 Å². The Morgan fingerprint density at radius 1 is 1.67 bits per heavy atom. The molecule has 62 valence electrons. The summed E-state index contributed by atoms with van der Waals surface area (Å²) in [6, 6.07) is 5.47. The molecule has 0 aliphatic heterocycles. The molecule has 0 spiro atoms. The van der Waals surface area contributed by atoms with Crippen LogP contribution in [0.15, 0.2) is 37.2 Å². The number of rotatable bonds is 3. The van der Waals surface area contributed by atoms with Crippen LogP contribution >= 0.6 is 0 Å². The number of carbonyl (C=O) groups excluding carboxylic acids is 1. The van der Waals surface area contributed by atoms with Gasteiger partial charge in [0.05, 0.1) is 6.42 Å². The molecule has 0 saturated heterocycles. The second kappa shape index (κ2) is 4.28. The maximum atomic E-state index is 11.0. The van der Waals surface area contributed by atoms with Crippen molar-refractivity contribution in [1.29, 1.82) is 0 Å². The summed E-state index contributed by atoms with van der Waals surface area (Å²) >= 11 is 0. The lowest BCUT2D eigenvalue weighted by Gasteiger charge is -1.97. The first-order valence-corrected chi connectivity index (χ1v) is 3.63. The lowest BCUT2D eigenvalue weighted by Crippen LogP contribution is -2.19. The molecule has 1 rings (SSSR count). The first-order chi connectivity index (χ1) is 5.83. The zero-order chi connectivity index (χ0) is 8.81. The van der Waals surface area contributed by atoms with E-state index in [1.807, 2.05) is 18.2 Å². The summed E-state index contributed by atoms with van der Waals surface area (Å²) in [5.41, 5.74) is 0.761. The number of hydrogen-bond acceptors (Lipinski definition) is 2. The van der Waals surface area contributed by atoms with Gasteiger partial charge in [-0.25, -0.2) is 0 Å². The first-order valence-electron chi connectivity index (χ1n) is 3.63. The smallest absolute Gasteiger partial charge is 0.229 e. The van der Waals surface area contributed by atoms with Gasteiger partial charge >= 0.3 is 0 Å². The van der Waals surface area contributed by atoms with E-state index in [1.165, 1.54) is 6.20 Å². The summed E-state index contributed by atoms with van der Waals surface area (Å²) in [6.45, 7) is 3.39. The molecule has 0 fully saturated rings. The molecule has 1 aromatic heterocycles. The highest BCUT2D eigenvalue weighted by atomic mass is 16.1. The van der Waals surface area contributed by atoms with Crippen LogP contribution in [0.3, 0.4) is 0 Å². The number of hydrogen-bond donors (Lipinski definition) is 1. The lowest BCUT2D eigenvalue weighted by atomic mass is 10.2. The average molecular weight is 162 g/mol. The molecule has 1 heterocycles. The number of nitrogens with zero attached hydrogens (tertiary/aromatic N) is 1. The zero-order valence-corrected chi connectivity index (χ0v) is 6.66. The fraction of sp³-hybridized carbons (Fsp3) is 0.111. The summed E-state index contributed by atoms with van der Waals surface area (Å²) in [5.74, 6) is -0.0938. The second-order valence-corrected chi connectivity index (χ2v) is 2.27. The summed E-state index contributed by atoms with van der Waals surface area (Å²) in [5, 5.41) is 2.48. The Bertz CT molecular complexity index is 269. The molecular formula is C9H10N2O. The van der Waals surface area contributed by atoms with Gasteiger partial charge in [0, 0.05) is 11.9 Å². The van der Waals surface area contributed by atoms with Gasteiger partial charge in [-0.3, -0.25) is 9.78 Å². The van der Waals surface area contributed by atoms with Crippen molar-refractivity contribution in [3.05, 3.63) is 42.9 Å². The van der Waals surface area contributed by atoms with E-state index in [0.717, 1.165) is 5.69 Å². The van der Waals surface area contributed by atoms with Crippen molar-refractivity contribution >= 4 is 5.91 Å². The molecule has 0 atom stereocenters. The van der Waals surface area contributed by atoms with Gasteiger partial charge in [-0.1, -0.05) is 12.6 Å². The summed E-state index contributed by atoms with van der Waals surface area (Å²) in [6.07, 6.45) is 3.33. The van der Waals surface area contributed by atoms with Crippen LogP contribution in [0.1, 0.15) is 5.69 Å². The average Bonchev–Trinajstić information content (AvgIpc) is 2.06. The van der Waals surface area contributed by atoms with Crippen LogP contribution in [-0.4, -0.2) is 10.9 Å². The third-order valence-corrected chi connectivity index (χ3v) is 1.33. The fourth-order valence-corrected chi connectivity index (χ4v) is 0.832. The molecule has 1 amide bonds. The van der Waals surface area contributed by atoms with Gasteiger partial charge in [0.15, 0.2) is 0 Å². The minimum atomic E-state index is -0.0938. The van der Waals surface area contributed by atoms with E-state index < -0.39 is 0 Å². The Morgan fingerprint density at radius 2 is 2.50 bits per heavy atom. The molecule has 0 aliphatic carbocycles. The van der Waals surface area contributed by atoms with Crippen LogP contribution in [0.2, 0.25) is 0 Å². The van der Waals surface area contributed by atoms with Crippen molar-refractivity contribution < 1.29 is 4.79 Å². The van der Waals surface area contributed by atoms with Crippen LogP contribution in [-0.2, 0) is 11.2 Å². The summed E-state index contributed by atoms with van der Waals surface area (Å²) in [4.78, 5) is 15.0. The van der Waals surface area contributed by atoms with E-state index in [4.69, 9.17) is 0 Å². The molecule has 0 radical (unpaired) electrons. The maximum Gasteiger partial charge on any atom is 0.229 e. The van der Waals surface area contributed by atoms with E-state index >= 15 is 0 Å². The van der Waals surface area contributed by atoms with Gasteiger partial charge in [0.25, 0.3) is 0 Å². The van der Waals surface area contributed by atoms with Gasteiger partial charge in [-0.15, -0.1) is 0 Å². The van der Waals surface area contributed by atoms with E-state index in [9.17, 15) is 4.79 Å². The minimum absolute atomic E-state index is 0.0938. The standard InChI is InChI=1S/C9H10N2O/c1-2-10-9(12)7-8-5-3-4-6-11-8/h2-6H,1,7H2,(H,10,12). The molecule has 0 bridgehead atoms. The predicted octanol–water partition coefficient (Wildman–Crippen LogP) is 0.884.